The third-order valence-corrected chi connectivity index (χ3v) is 3.55. The summed E-state index contributed by atoms with van der Waals surface area (Å²) in [7, 11) is 0. The van der Waals surface area contributed by atoms with Gasteiger partial charge in [0.2, 0.25) is 0 Å². The minimum Gasteiger partial charge on any atom is -0.481 e. The SMILES string of the molecule is CCCCn1nnnc1CSCC(C)C(=O)O. The Bertz CT molecular complexity index is 356. The number of unbranched alkanes of at least 4 members (excludes halogenated alkanes) is 1. The third-order valence-electron chi connectivity index (χ3n) is 2.35. The van der Waals surface area contributed by atoms with Gasteiger partial charge in [0.25, 0.3) is 0 Å². The van der Waals surface area contributed by atoms with Crippen molar-refractivity contribution in [2.24, 2.45) is 5.92 Å². The number of aromatic nitrogens is 4. The van der Waals surface area contributed by atoms with Crippen molar-refractivity contribution < 1.29 is 9.90 Å². The van der Waals surface area contributed by atoms with E-state index in [9.17, 15) is 4.79 Å². The molecule has 1 atom stereocenters. The Morgan fingerprint density at radius 2 is 2.35 bits per heavy atom. The van der Waals surface area contributed by atoms with Crippen molar-refractivity contribution in [1.29, 1.82) is 0 Å². The van der Waals surface area contributed by atoms with E-state index in [1.54, 1.807) is 23.4 Å². The number of thioether (sulfide) groups is 1. The second-order valence-corrected chi connectivity index (χ2v) is 4.96. The molecule has 1 heterocycles. The standard InChI is InChI=1S/C10H18N4O2S/c1-3-4-5-14-9(11-12-13-14)7-17-6-8(2)10(15)16/h8H,3-7H2,1-2H3,(H,15,16). The fourth-order valence-electron chi connectivity index (χ4n) is 1.21. The van der Waals surface area contributed by atoms with E-state index in [-0.39, 0.29) is 5.92 Å². The van der Waals surface area contributed by atoms with Crippen LogP contribution in [0.2, 0.25) is 0 Å². The second kappa shape index (κ2) is 7.26. The number of nitrogens with zero attached hydrogens (tertiary/aromatic N) is 4. The Morgan fingerprint density at radius 3 is 3.00 bits per heavy atom. The first-order valence-corrected chi connectivity index (χ1v) is 6.86. The smallest absolute Gasteiger partial charge is 0.307 e. The van der Waals surface area contributed by atoms with Crippen LogP contribution in [0.5, 0.6) is 0 Å². The van der Waals surface area contributed by atoms with Crippen molar-refractivity contribution in [3.63, 3.8) is 0 Å². The number of hydrogen-bond donors (Lipinski definition) is 1. The molecule has 1 aromatic heterocycles. The maximum atomic E-state index is 10.6. The maximum absolute atomic E-state index is 10.6. The first-order valence-electron chi connectivity index (χ1n) is 5.70. The van der Waals surface area contributed by atoms with Gasteiger partial charge in [-0.05, 0) is 16.8 Å². The molecule has 1 aromatic rings. The predicted octanol–water partition coefficient (Wildman–Crippen LogP) is 1.43. The monoisotopic (exact) mass is 258 g/mol. The van der Waals surface area contributed by atoms with Crippen LogP contribution in [0.15, 0.2) is 0 Å². The van der Waals surface area contributed by atoms with Crippen molar-refractivity contribution in [3.8, 4) is 0 Å². The van der Waals surface area contributed by atoms with Crippen LogP contribution in [-0.2, 0) is 17.1 Å². The van der Waals surface area contributed by atoms with Gasteiger partial charge in [-0.3, -0.25) is 4.79 Å². The first kappa shape index (κ1) is 14.0. The van der Waals surface area contributed by atoms with Gasteiger partial charge in [-0.15, -0.1) is 5.10 Å². The predicted molar refractivity (Wildman–Crippen MR) is 65.7 cm³/mol. The number of carbonyl (C=O) groups is 1. The zero-order valence-electron chi connectivity index (χ0n) is 10.2. The molecule has 0 aliphatic heterocycles. The van der Waals surface area contributed by atoms with Crippen LogP contribution in [0, 0.1) is 5.92 Å². The van der Waals surface area contributed by atoms with E-state index in [2.05, 4.69) is 22.4 Å². The molecule has 7 heteroatoms. The molecular weight excluding hydrogens is 240 g/mol. The summed E-state index contributed by atoms with van der Waals surface area (Å²) in [5, 5.41) is 20.2. The lowest BCUT2D eigenvalue weighted by atomic mass is 10.2. The van der Waals surface area contributed by atoms with Crippen molar-refractivity contribution >= 4 is 17.7 Å². The number of tetrazole rings is 1. The molecule has 0 spiro atoms. The third kappa shape index (κ3) is 4.72. The average molecular weight is 258 g/mol. The summed E-state index contributed by atoms with van der Waals surface area (Å²) < 4.78 is 1.79. The van der Waals surface area contributed by atoms with Crippen LogP contribution in [-0.4, -0.2) is 37.0 Å². The summed E-state index contributed by atoms with van der Waals surface area (Å²) >= 11 is 1.55. The summed E-state index contributed by atoms with van der Waals surface area (Å²) in [6.07, 6.45) is 2.15. The van der Waals surface area contributed by atoms with E-state index in [0.29, 0.717) is 11.5 Å². The summed E-state index contributed by atoms with van der Waals surface area (Å²) in [5.41, 5.74) is 0. The average Bonchev–Trinajstić information content (AvgIpc) is 2.73. The highest BCUT2D eigenvalue weighted by Crippen LogP contribution is 2.14. The minimum absolute atomic E-state index is 0.333. The lowest BCUT2D eigenvalue weighted by Gasteiger charge is -2.06. The van der Waals surface area contributed by atoms with E-state index in [1.807, 2.05) is 0 Å². The van der Waals surface area contributed by atoms with Crippen LogP contribution < -0.4 is 0 Å². The Labute approximate surface area is 105 Å². The van der Waals surface area contributed by atoms with Gasteiger partial charge in [-0.1, -0.05) is 20.3 Å². The molecule has 0 aliphatic rings. The first-order chi connectivity index (χ1) is 8.15. The number of carboxylic acid groups (broad SMARTS) is 1. The van der Waals surface area contributed by atoms with Gasteiger partial charge in [-0.25, -0.2) is 4.68 Å². The van der Waals surface area contributed by atoms with E-state index in [1.165, 1.54) is 0 Å². The number of hydrogen-bond acceptors (Lipinski definition) is 5. The summed E-state index contributed by atoms with van der Waals surface area (Å²) in [5.74, 6) is 0.966. The topological polar surface area (TPSA) is 80.9 Å². The van der Waals surface area contributed by atoms with Crippen LogP contribution >= 0.6 is 11.8 Å². The molecule has 17 heavy (non-hydrogen) atoms. The zero-order chi connectivity index (χ0) is 12.7. The number of rotatable bonds is 8. The van der Waals surface area contributed by atoms with Crippen molar-refractivity contribution in [1.82, 2.24) is 20.2 Å². The molecule has 1 unspecified atom stereocenters. The van der Waals surface area contributed by atoms with Gasteiger partial charge < -0.3 is 5.11 Å². The van der Waals surface area contributed by atoms with Crippen LogP contribution in [0.3, 0.4) is 0 Å². The Hall–Kier alpha value is -1.11. The highest BCUT2D eigenvalue weighted by atomic mass is 32.2. The highest BCUT2D eigenvalue weighted by Gasteiger charge is 2.12. The van der Waals surface area contributed by atoms with E-state index in [4.69, 9.17) is 5.11 Å². The summed E-state index contributed by atoms with van der Waals surface area (Å²) in [6, 6.07) is 0. The number of aryl methyl sites for hydroxylation is 1. The molecule has 0 bridgehead atoms. The van der Waals surface area contributed by atoms with Gasteiger partial charge in [0.05, 0.1) is 11.7 Å². The van der Waals surface area contributed by atoms with E-state index in [0.717, 1.165) is 25.2 Å². The Morgan fingerprint density at radius 1 is 1.59 bits per heavy atom. The molecule has 0 fully saturated rings. The van der Waals surface area contributed by atoms with Crippen LogP contribution in [0.1, 0.15) is 32.5 Å². The molecule has 96 valence electrons. The molecule has 0 radical (unpaired) electrons. The van der Waals surface area contributed by atoms with Crippen molar-refractivity contribution in [2.45, 2.75) is 39.0 Å². The van der Waals surface area contributed by atoms with Gasteiger partial charge in [0, 0.05) is 12.3 Å². The second-order valence-electron chi connectivity index (χ2n) is 3.93. The molecule has 0 saturated carbocycles. The largest absolute Gasteiger partial charge is 0.481 e. The molecule has 0 saturated heterocycles. The number of aliphatic carboxylic acids is 1. The van der Waals surface area contributed by atoms with Crippen LogP contribution in [0.25, 0.3) is 0 Å². The fraction of sp³-hybridized carbons (Fsp3) is 0.800. The minimum atomic E-state index is -0.761. The fourth-order valence-corrected chi connectivity index (χ4v) is 2.21. The Kier molecular flexibility index (Phi) is 5.96. The molecular formula is C10H18N4O2S. The molecule has 6 nitrogen and oxygen atoms in total. The van der Waals surface area contributed by atoms with E-state index >= 15 is 0 Å². The van der Waals surface area contributed by atoms with E-state index < -0.39 is 5.97 Å². The lowest BCUT2D eigenvalue weighted by Crippen LogP contribution is -2.12. The maximum Gasteiger partial charge on any atom is 0.307 e. The van der Waals surface area contributed by atoms with Crippen molar-refractivity contribution in [2.75, 3.05) is 5.75 Å². The van der Waals surface area contributed by atoms with Gasteiger partial charge in [0.15, 0.2) is 5.82 Å². The zero-order valence-corrected chi connectivity index (χ0v) is 11.0. The normalized spacial score (nSPS) is 12.6. The number of carboxylic acids is 1. The molecule has 1 rings (SSSR count). The van der Waals surface area contributed by atoms with Gasteiger partial charge in [-0.2, -0.15) is 11.8 Å². The van der Waals surface area contributed by atoms with Gasteiger partial charge >= 0.3 is 5.97 Å². The molecule has 0 aromatic carbocycles. The van der Waals surface area contributed by atoms with Crippen molar-refractivity contribution in [3.05, 3.63) is 5.82 Å². The highest BCUT2D eigenvalue weighted by molar-refractivity contribution is 7.98. The Balaban J connectivity index is 2.36. The summed E-state index contributed by atoms with van der Waals surface area (Å²) in [4.78, 5) is 10.6. The summed E-state index contributed by atoms with van der Waals surface area (Å²) in [6.45, 7) is 4.65. The lowest BCUT2D eigenvalue weighted by molar-refractivity contribution is -0.140. The molecule has 1 N–H and O–H groups in total. The molecule has 0 aliphatic carbocycles. The molecule has 0 amide bonds. The quantitative estimate of drug-likeness (QED) is 0.759. The van der Waals surface area contributed by atoms with Gasteiger partial charge in [0.1, 0.15) is 0 Å². The van der Waals surface area contributed by atoms with Crippen LogP contribution in [0.4, 0.5) is 0 Å².